The molecule has 0 radical (unpaired) electrons. The van der Waals surface area contributed by atoms with E-state index in [0.29, 0.717) is 19.0 Å². The number of sulfonamides is 1. The van der Waals surface area contributed by atoms with Crippen LogP contribution in [0.3, 0.4) is 0 Å². The summed E-state index contributed by atoms with van der Waals surface area (Å²) < 4.78 is 28.5. The van der Waals surface area contributed by atoms with E-state index in [1.165, 1.54) is 11.1 Å². The Kier molecular flexibility index (Phi) is 3.99. The lowest BCUT2D eigenvalue weighted by molar-refractivity contribution is 0.0143. The number of hydrogen-bond donors (Lipinski definition) is 1. The number of piperidine rings is 1. The van der Waals surface area contributed by atoms with Crippen LogP contribution in [-0.2, 0) is 15.4 Å². The molecule has 3 atom stereocenters. The highest BCUT2D eigenvalue weighted by atomic mass is 32.2. The Labute approximate surface area is 168 Å². The smallest absolute Gasteiger partial charge is 0.214 e. The molecule has 3 aliphatic carbocycles. The van der Waals surface area contributed by atoms with E-state index >= 15 is 0 Å². The van der Waals surface area contributed by atoms with E-state index in [1.54, 1.807) is 4.31 Å². The minimum absolute atomic E-state index is 0.00844. The van der Waals surface area contributed by atoms with Crippen molar-refractivity contribution in [3.63, 3.8) is 0 Å². The maximum atomic E-state index is 13.4. The summed E-state index contributed by atoms with van der Waals surface area (Å²) >= 11 is 0. The number of rotatable bonds is 3. The number of allylic oxidation sites excluding steroid dienone is 1. The van der Waals surface area contributed by atoms with E-state index in [0.717, 1.165) is 32.1 Å². The van der Waals surface area contributed by atoms with Gasteiger partial charge in [0.15, 0.2) is 0 Å². The molecule has 2 bridgehead atoms. The molecule has 1 aliphatic heterocycles. The van der Waals surface area contributed by atoms with Gasteiger partial charge < -0.3 is 5.11 Å². The van der Waals surface area contributed by atoms with Crippen molar-refractivity contribution < 1.29 is 13.5 Å². The first-order valence-corrected chi connectivity index (χ1v) is 12.3. The van der Waals surface area contributed by atoms with Crippen LogP contribution in [0.4, 0.5) is 0 Å². The van der Waals surface area contributed by atoms with E-state index in [-0.39, 0.29) is 16.6 Å². The molecule has 1 spiro atoms. The number of fused-ring (bicyclic) bond motifs is 4. The van der Waals surface area contributed by atoms with Crippen molar-refractivity contribution in [1.82, 2.24) is 4.31 Å². The molecule has 5 rings (SSSR count). The van der Waals surface area contributed by atoms with Crippen LogP contribution in [0.1, 0.15) is 57.1 Å². The van der Waals surface area contributed by atoms with Gasteiger partial charge in [-0.05, 0) is 54.6 Å². The second-order valence-electron chi connectivity index (χ2n) is 10.1. The van der Waals surface area contributed by atoms with Gasteiger partial charge in [-0.1, -0.05) is 50.3 Å². The normalized spacial score (nSPS) is 35.5. The minimum atomic E-state index is -3.39. The van der Waals surface area contributed by atoms with Crippen LogP contribution in [0.15, 0.2) is 30.3 Å². The standard InChI is InChI=1S/C23H31NO3S/c1-21(2)18-8-10-23(21,20(25)15-18)16-28(26,27)24-13-11-22(12-14-24)9-7-17-5-3-4-6-19(17)22/h3-7,9,18,20,25H,8,10-16H2,1-2H3/t18-,20-,23-/m0/s1. The lowest BCUT2D eigenvalue weighted by atomic mass is 9.70. The lowest BCUT2D eigenvalue weighted by Gasteiger charge is -2.43. The van der Waals surface area contributed by atoms with Crippen LogP contribution < -0.4 is 0 Å². The summed E-state index contributed by atoms with van der Waals surface area (Å²) in [7, 11) is -3.39. The Hall–Kier alpha value is -1.17. The van der Waals surface area contributed by atoms with Gasteiger partial charge >= 0.3 is 0 Å². The van der Waals surface area contributed by atoms with Gasteiger partial charge in [-0.3, -0.25) is 0 Å². The molecule has 1 aromatic rings. The van der Waals surface area contributed by atoms with Crippen molar-refractivity contribution in [1.29, 1.82) is 0 Å². The van der Waals surface area contributed by atoms with Crippen LogP contribution in [-0.4, -0.2) is 42.8 Å². The zero-order valence-corrected chi connectivity index (χ0v) is 17.7. The molecule has 3 fully saturated rings. The zero-order valence-electron chi connectivity index (χ0n) is 16.9. The van der Waals surface area contributed by atoms with Crippen molar-refractivity contribution in [2.45, 2.75) is 57.5 Å². The number of hydrogen-bond acceptors (Lipinski definition) is 3. The highest BCUT2D eigenvalue weighted by Gasteiger charge is 2.65. The van der Waals surface area contributed by atoms with Crippen molar-refractivity contribution >= 4 is 16.1 Å². The largest absolute Gasteiger partial charge is 0.392 e. The maximum absolute atomic E-state index is 13.4. The molecule has 5 heteroatoms. The van der Waals surface area contributed by atoms with Crippen LogP contribution in [0.5, 0.6) is 0 Å². The van der Waals surface area contributed by atoms with Crippen molar-refractivity contribution in [3.05, 3.63) is 41.5 Å². The van der Waals surface area contributed by atoms with Crippen molar-refractivity contribution in [2.24, 2.45) is 16.7 Å². The molecule has 0 amide bonds. The van der Waals surface area contributed by atoms with E-state index < -0.39 is 21.5 Å². The Morgan fingerprint density at radius 2 is 1.86 bits per heavy atom. The van der Waals surface area contributed by atoms with Gasteiger partial charge in [-0.2, -0.15) is 0 Å². The average Bonchev–Trinajstić information content (AvgIpc) is 3.19. The number of aliphatic hydroxyl groups excluding tert-OH is 1. The molecule has 28 heavy (non-hydrogen) atoms. The monoisotopic (exact) mass is 401 g/mol. The molecule has 1 N–H and O–H groups in total. The van der Waals surface area contributed by atoms with E-state index in [2.05, 4.69) is 50.3 Å². The number of nitrogens with zero attached hydrogens (tertiary/aromatic N) is 1. The molecular formula is C23H31NO3S. The summed E-state index contributed by atoms with van der Waals surface area (Å²) in [6, 6.07) is 8.47. The first kappa shape index (κ1) is 18.8. The third-order valence-corrected chi connectivity index (χ3v) is 10.9. The Morgan fingerprint density at radius 3 is 2.50 bits per heavy atom. The molecule has 1 aromatic carbocycles. The highest BCUT2D eigenvalue weighted by Crippen LogP contribution is 2.66. The molecule has 4 aliphatic rings. The molecular weight excluding hydrogens is 370 g/mol. The molecule has 4 nitrogen and oxygen atoms in total. The molecule has 2 saturated carbocycles. The van der Waals surface area contributed by atoms with Crippen molar-refractivity contribution in [3.8, 4) is 0 Å². The predicted molar refractivity (Wildman–Crippen MR) is 111 cm³/mol. The van der Waals surface area contributed by atoms with E-state index in [4.69, 9.17) is 0 Å². The summed E-state index contributed by atoms with van der Waals surface area (Å²) in [6.07, 6.45) is 8.29. The van der Waals surface area contributed by atoms with Crippen LogP contribution in [0.25, 0.3) is 6.08 Å². The second kappa shape index (κ2) is 5.93. The fourth-order valence-corrected chi connectivity index (χ4v) is 9.11. The van der Waals surface area contributed by atoms with Crippen molar-refractivity contribution in [2.75, 3.05) is 18.8 Å². The summed E-state index contributed by atoms with van der Waals surface area (Å²) in [5.74, 6) is 0.548. The predicted octanol–water partition coefficient (Wildman–Crippen LogP) is 3.56. The third kappa shape index (κ3) is 2.39. The summed E-state index contributed by atoms with van der Waals surface area (Å²) in [5, 5.41) is 10.8. The maximum Gasteiger partial charge on any atom is 0.214 e. The average molecular weight is 402 g/mol. The summed E-state index contributed by atoms with van der Waals surface area (Å²) in [4.78, 5) is 0. The Morgan fingerprint density at radius 1 is 1.14 bits per heavy atom. The molecule has 0 aromatic heterocycles. The lowest BCUT2D eigenvalue weighted by Crippen LogP contribution is -2.51. The fraction of sp³-hybridized carbons (Fsp3) is 0.652. The van der Waals surface area contributed by atoms with Crippen LogP contribution in [0, 0.1) is 16.7 Å². The first-order valence-electron chi connectivity index (χ1n) is 10.6. The van der Waals surface area contributed by atoms with E-state index in [9.17, 15) is 13.5 Å². The Bertz CT molecular complexity index is 927. The summed E-state index contributed by atoms with van der Waals surface area (Å²) in [5.41, 5.74) is 2.02. The zero-order chi connectivity index (χ0) is 19.8. The molecule has 152 valence electrons. The number of aliphatic hydroxyl groups is 1. The van der Waals surface area contributed by atoms with E-state index in [1.807, 2.05) is 0 Å². The van der Waals surface area contributed by atoms with Gasteiger partial charge in [0.05, 0.1) is 11.9 Å². The molecule has 1 saturated heterocycles. The number of benzene rings is 1. The van der Waals surface area contributed by atoms with Crippen LogP contribution >= 0.6 is 0 Å². The van der Waals surface area contributed by atoms with Gasteiger partial charge in [0.1, 0.15) is 0 Å². The second-order valence-corrected chi connectivity index (χ2v) is 12.1. The van der Waals surface area contributed by atoms with Gasteiger partial charge in [-0.25, -0.2) is 12.7 Å². The Balaban J connectivity index is 1.35. The van der Waals surface area contributed by atoms with Gasteiger partial charge in [0.2, 0.25) is 10.0 Å². The van der Waals surface area contributed by atoms with Crippen LogP contribution in [0.2, 0.25) is 0 Å². The summed E-state index contributed by atoms with van der Waals surface area (Å²) in [6.45, 7) is 5.47. The quantitative estimate of drug-likeness (QED) is 0.842. The third-order valence-electron chi connectivity index (χ3n) is 8.92. The van der Waals surface area contributed by atoms with Gasteiger partial charge in [0, 0.05) is 23.9 Å². The topological polar surface area (TPSA) is 57.6 Å². The SMILES string of the molecule is CC1(C)[C@H]2CC[C@]1(CS(=O)(=O)N1CCC3(C=Cc4ccccc43)CC1)[C@@H](O)C2. The fourth-order valence-electron chi connectivity index (χ4n) is 6.83. The first-order chi connectivity index (χ1) is 13.2. The van der Waals surface area contributed by atoms with Gasteiger partial charge in [-0.15, -0.1) is 0 Å². The molecule has 1 heterocycles. The highest BCUT2D eigenvalue weighted by molar-refractivity contribution is 7.89. The minimum Gasteiger partial charge on any atom is -0.392 e. The van der Waals surface area contributed by atoms with Gasteiger partial charge in [0.25, 0.3) is 0 Å². The molecule has 0 unspecified atom stereocenters.